The number of imide groups is 1. The zero-order valence-corrected chi connectivity index (χ0v) is 13.9. The van der Waals surface area contributed by atoms with Gasteiger partial charge in [-0.25, -0.2) is 0 Å². The van der Waals surface area contributed by atoms with E-state index in [0.29, 0.717) is 17.0 Å². The van der Waals surface area contributed by atoms with Crippen molar-refractivity contribution in [2.45, 2.75) is 6.92 Å². The fraction of sp³-hybridized carbons (Fsp3) is 0.200. The second-order valence-corrected chi connectivity index (χ2v) is 5.93. The van der Waals surface area contributed by atoms with Crippen LogP contribution in [0.4, 0.5) is 4.79 Å². The highest BCUT2D eigenvalue weighted by Crippen LogP contribution is 2.32. The second kappa shape index (κ2) is 7.26. The van der Waals surface area contributed by atoms with Gasteiger partial charge in [-0.1, -0.05) is 18.2 Å². The summed E-state index contributed by atoms with van der Waals surface area (Å²) >= 11 is 0.781. The Bertz CT molecular complexity index is 849. The number of aromatic nitrogens is 4. The van der Waals surface area contributed by atoms with E-state index >= 15 is 0 Å². The number of benzene rings is 1. The van der Waals surface area contributed by atoms with E-state index in [-0.39, 0.29) is 11.5 Å². The zero-order valence-electron chi connectivity index (χ0n) is 13.1. The normalized spacial score (nSPS) is 15.9. The number of H-pyrrole nitrogens is 1. The van der Waals surface area contributed by atoms with E-state index in [1.165, 1.54) is 0 Å². The van der Waals surface area contributed by atoms with Crippen LogP contribution in [-0.4, -0.2) is 55.8 Å². The van der Waals surface area contributed by atoms with Gasteiger partial charge in [-0.2, -0.15) is 5.21 Å². The molecule has 0 bridgehead atoms. The monoisotopic (exact) mass is 359 g/mol. The molecular weight excluding hydrogens is 346 g/mol. The third-order valence-corrected chi connectivity index (χ3v) is 4.16. The van der Waals surface area contributed by atoms with Crippen LogP contribution in [0.2, 0.25) is 0 Å². The van der Waals surface area contributed by atoms with E-state index in [1.54, 1.807) is 37.3 Å². The Morgan fingerprint density at radius 3 is 2.96 bits per heavy atom. The van der Waals surface area contributed by atoms with Crippen molar-refractivity contribution < 1.29 is 19.1 Å². The summed E-state index contributed by atoms with van der Waals surface area (Å²) in [6.45, 7) is 1.45. The van der Waals surface area contributed by atoms with Crippen LogP contribution in [0.1, 0.15) is 12.5 Å². The van der Waals surface area contributed by atoms with E-state index in [2.05, 4.69) is 20.6 Å². The van der Waals surface area contributed by atoms with E-state index in [4.69, 9.17) is 4.74 Å². The fourth-order valence-corrected chi connectivity index (χ4v) is 3.01. The lowest BCUT2D eigenvalue weighted by Crippen LogP contribution is -2.34. The Kier molecular flexibility index (Phi) is 4.89. The van der Waals surface area contributed by atoms with Crippen molar-refractivity contribution in [3.05, 3.63) is 34.7 Å². The van der Waals surface area contributed by atoms with Gasteiger partial charge in [0.15, 0.2) is 0 Å². The van der Waals surface area contributed by atoms with Crippen molar-refractivity contribution in [2.24, 2.45) is 0 Å². The molecule has 1 aliphatic rings. The van der Waals surface area contributed by atoms with Crippen molar-refractivity contribution in [3.63, 3.8) is 0 Å². The van der Waals surface area contributed by atoms with Crippen molar-refractivity contribution in [1.29, 1.82) is 0 Å². The summed E-state index contributed by atoms with van der Waals surface area (Å²) in [7, 11) is 0. The van der Waals surface area contributed by atoms with Crippen LogP contribution in [0.5, 0.6) is 0 Å². The molecule has 9 nitrogen and oxygen atoms in total. The highest BCUT2D eigenvalue weighted by molar-refractivity contribution is 8.18. The minimum absolute atomic E-state index is 0.188. The van der Waals surface area contributed by atoms with Gasteiger partial charge < -0.3 is 4.74 Å². The molecule has 0 saturated carbocycles. The zero-order chi connectivity index (χ0) is 17.8. The summed E-state index contributed by atoms with van der Waals surface area (Å²) in [5, 5.41) is 13.2. The van der Waals surface area contributed by atoms with Crippen LogP contribution in [0, 0.1) is 0 Å². The molecule has 2 aromatic rings. The molecule has 2 heterocycles. The molecule has 0 atom stereocenters. The van der Waals surface area contributed by atoms with Crippen molar-refractivity contribution >= 4 is 35.0 Å². The average molecular weight is 359 g/mol. The number of carbonyl (C=O) groups is 3. The third-order valence-electron chi connectivity index (χ3n) is 3.25. The van der Waals surface area contributed by atoms with Gasteiger partial charge in [0.05, 0.1) is 11.5 Å². The maximum absolute atomic E-state index is 12.3. The quantitative estimate of drug-likeness (QED) is 0.630. The number of amides is 2. The van der Waals surface area contributed by atoms with Gasteiger partial charge >= 0.3 is 5.97 Å². The van der Waals surface area contributed by atoms with Crippen LogP contribution in [0.15, 0.2) is 29.2 Å². The molecule has 0 unspecified atom stereocenters. The summed E-state index contributed by atoms with van der Waals surface area (Å²) < 4.78 is 4.77. The molecule has 10 heteroatoms. The highest BCUT2D eigenvalue weighted by atomic mass is 32.2. The summed E-state index contributed by atoms with van der Waals surface area (Å²) in [4.78, 5) is 36.9. The summed E-state index contributed by atoms with van der Waals surface area (Å²) in [6, 6.07) is 7.13. The van der Waals surface area contributed by atoms with E-state index in [0.717, 1.165) is 16.7 Å². The maximum Gasteiger partial charge on any atom is 0.326 e. The van der Waals surface area contributed by atoms with Gasteiger partial charge in [0, 0.05) is 5.56 Å². The summed E-state index contributed by atoms with van der Waals surface area (Å²) in [6.07, 6.45) is 1.58. The molecule has 0 spiro atoms. The van der Waals surface area contributed by atoms with E-state index in [1.807, 2.05) is 0 Å². The first-order valence-corrected chi connectivity index (χ1v) is 8.15. The number of nitrogens with one attached hydrogen (secondary N) is 1. The summed E-state index contributed by atoms with van der Waals surface area (Å²) in [5.41, 5.74) is 1.41. The summed E-state index contributed by atoms with van der Waals surface area (Å²) in [5.74, 6) is -0.719. The van der Waals surface area contributed by atoms with Crippen molar-refractivity contribution in [2.75, 3.05) is 13.2 Å². The lowest BCUT2D eigenvalue weighted by molar-refractivity contribution is -0.145. The number of rotatable bonds is 5. The number of aromatic amines is 1. The molecule has 0 radical (unpaired) electrons. The molecule has 0 aliphatic carbocycles. The van der Waals surface area contributed by atoms with E-state index < -0.39 is 23.7 Å². The number of carbonyl (C=O) groups excluding carboxylic acids is 3. The van der Waals surface area contributed by atoms with Gasteiger partial charge in [0.1, 0.15) is 6.54 Å². The number of ether oxygens (including phenoxy) is 1. The van der Waals surface area contributed by atoms with Gasteiger partial charge in [0.25, 0.3) is 11.1 Å². The molecule has 1 aromatic carbocycles. The van der Waals surface area contributed by atoms with Gasteiger partial charge in [-0.15, -0.1) is 10.2 Å². The minimum Gasteiger partial charge on any atom is -0.465 e. The smallest absolute Gasteiger partial charge is 0.326 e. The molecule has 1 aliphatic heterocycles. The lowest BCUT2D eigenvalue weighted by atomic mass is 10.1. The largest absolute Gasteiger partial charge is 0.465 e. The third kappa shape index (κ3) is 3.74. The van der Waals surface area contributed by atoms with Crippen LogP contribution < -0.4 is 0 Å². The number of tetrazole rings is 1. The first-order valence-electron chi connectivity index (χ1n) is 7.33. The first-order chi connectivity index (χ1) is 12.1. The van der Waals surface area contributed by atoms with E-state index in [9.17, 15) is 14.4 Å². The Balaban J connectivity index is 1.80. The molecular formula is C15H13N5O4S. The second-order valence-electron chi connectivity index (χ2n) is 4.93. The van der Waals surface area contributed by atoms with Gasteiger partial charge in [0.2, 0.25) is 5.82 Å². The van der Waals surface area contributed by atoms with Crippen LogP contribution >= 0.6 is 11.8 Å². The first kappa shape index (κ1) is 16.8. The van der Waals surface area contributed by atoms with Gasteiger partial charge in [-0.05, 0) is 41.6 Å². The standard InChI is InChI=1S/C15H13N5O4S/c1-2-24-12(21)8-20-14(22)11(25-15(20)23)7-9-4-3-5-10(6-9)13-16-18-19-17-13/h3-7H,2,8H2,1H3,(H,16,17,18,19)/b11-7-. The molecule has 128 valence electrons. The topological polar surface area (TPSA) is 118 Å². The van der Waals surface area contributed by atoms with Crippen molar-refractivity contribution in [3.8, 4) is 11.4 Å². The number of hydrogen-bond acceptors (Lipinski definition) is 8. The molecule has 1 saturated heterocycles. The van der Waals surface area contributed by atoms with Gasteiger partial charge in [-0.3, -0.25) is 19.3 Å². The van der Waals surface area contributed by atoms with Crippen LogP contribution in [-0.2, 0) is 14.3 Å². The Morgan fingerprint density at radius 2 is 2.24 bits per heavy atom. The number of esters is 1. The number of nitrogens with zero attached hydrogens (tertiary/aromatic N) is 4. The molecule has 1 N–H and O–H groups in total. The fourth-order valence-electron chi connectivity index (χ4n) is 2.18. The predicted molar refractivity (Wildman–Crippen MR) is 88.9 cm³/mol. The maximum atomic E-state index is 12.3. The molecule has 1 fully saturated rings. The van der Waals surface area contributed by atoms with Crippen molar-refractivity contribution in [1.82, 2.24) is 25.5 Å². The lowest BCUT2D eigenvalue weighted by Gasteiger charge is -2.10. The number of hydrogen-bond donors (Lipinski definition) is 1. The SMILES string of the molecule is CCOC(=O)CN1C(=O)S/C(=C\c2cccc(-c3nn[nH]n3)c2)C1=O. The number of thioether (sulfide) groups is 1. The average Bonchev–Trinajstić information content (AvgIpc) is 3.21. The molecule has 1 aromatic heterocycles. The molecule has 2 amide bonds. The minimum atomic E-state index is -0.620. The van der Waals surface area contributed by atoms with Crippen LogP contribution in [0.3, 0.4) is 0 Å². The molecule has 3 rings (SSSR count). The Morgan fingerprint density at radius 1 is 1.40 bits per heavy atom. The predicted octanol–water partition coefficient (Wildman–Crippen LogP) is 1.47. The molecule has 25 heavy (non-hydrogen) atoms. The Labute approximate surface area is 146 Å². The Hall–Kier alpha value is -3.01. The highest BCUT2D eigenvalue weighted by Gasteiger charge is 2.36. The van der Waals surface area contributed by atoms with Crippen LogP contribution in [0.25, 0.3) is 17.5 Å².